The summed E-state index contributed by atoms with van der Waals surface area (Å²) in [5.74, 6) is 4.24. The number of ether oxygens (including phenoxy) is 1. The van der Waals surface area contributed by atoms with Gasteiger partial charge in [0.15, 0.2) is 0 Å². The van der Waals surface area contributed by atoms with Gasteiger partial charge in [-0.1, -0.05) is 18.2 Å². The van der Waals surface area contributed by atoms with Crippen molar-refractivity contribution in [1.82, 2.24) is 5.43 Å². The maximum Gasteiger partial charge on any atom is 0.145 e. The number of benzene rings is 2. The number of nitrogens with two attached hydrogens (primary N) is 1. The second kappa shape index (κ2) is 5.81. The zero-order valence-electron chi connectivity index (χ0n) is 11.0. The minimum atomic E-state index is -0.770. The topological polar surface area (TPSA) is 47.3 Å². The van der Waals surface area contributed by atoms with E-state index in [2.05, 4.69) is 21.4 Å². The molecule has 6 heteroatoms. The Morgan fingerprint density at radius 2 is 1.90 bits per heavy atom. The molecule has 0 fully saturated rings. The molecule has 21 heavy (non-hydrogen) atoms. The maximum absolute atomic E-state index is 14.3. The molecule has 1 unspecified atom stereocenters. The van der Waals surface area contributed by atoms with Gasteiger partial charge in [0.05, 0.1) is 23.7 Å². The smallest absolute Gasteiger partial charge is 0.145 e. The van der Waals surface area contributed by atoms with Crippen LogP contribution in [-0.4, -0.2) is 0 Å². The average Bonchev–Trinajstić information content (AvgIpc) is 2.95. The molecule has 0 amide bonds. The van der Waals surface area contributed by atoms with Crippen molar-refractivity contribution in [3.63, 3.8) is 0 Å². The molecule has 0 radical (unpaired) electrons. The van der Waals surface area contributed by atoms with Gasteiger partial charge in [0, 0.05) is 5.56 Å². The Labute approximate surface area is 129 Å². The molecular weight excluding hydrogens is 342 g/mol. The highest BCUT2D eigenvalue weighted by Gasteiger charge is 2.24. The van der Waals surface area contributed by atoms with Crippen molar-refractivity contribution < 1.29 is 13.5 Å². The number of fused-ring (bicyclic) bond motifs is 1. The average molecular weight is 355 g/mol. The van der Waals surface area contributed by atoms with Crippen molar-refractivity contribution in [3.8, 4) is 0 Å². The lowest BCUT2D eigenvalue weighted by atomic mass is 9.95. The first kappa shape index (κ1) is 14.6. The van der Waals surface area contributed by atoms with Gasteiger partial charge in [-0.25, -0.2) is 14.2 Å². The van der Waals surface area contributed by atoms with E-state index in [1.54, 1.807) is 6.07 Å². The quantitative estimate of drug-likeness (QED) is 0.505. The third-order valence-corrected chi connectivity index (χ3v) is 4.23. The number of rotatable bonds is 3. The second-order valence-corrected chi connectivity index (χ2v) is 5.73. The van der Waals surface area contributed by atoms with E-state index < -0.39 is 17.7 Å². The zero-order chi connectivity index (χ0) is 15.0. The Hall–Kier alpha value is -1.34. The van der Waals surface area contributed by atoms with Crippen LogP contribution in [0.1, 0.15) is 28.3 Å². The fourth-order valence-electron chi connectivity index (χ4n) is 2.53. The Morgan fingerprint density at radius 1 is 1.14 bits per heavy atom. The van der Waals surface area contributed by atoms with Crippen LogP contribution < -0.4 is 11.3 Å². The monoisotopic (exact) mass is 354 g/mol. The fraction of sp³-hybridized carbons (Fsp3) is 0.200. The summed E-state index contributed by atoms with van der Waals surface area (Å²) in [4.78, 5) is 0. The molecule has 2 aromatic carbocycles. The Bertz CT molecular complexity index is 694. The van der Waals surface area contributed by atoms with Gasteiger partial charge in [0.2, 0.25) is 0 Å². The summed E-state index contributed by atoms with van der Waals surface area (Å²) >= 11 is 3.07. The van der Waals surface area contributed by atoms with E-state index in [9.17, 15) is 8.78 Å². The molecule has 0 spiro atoms. The molecule has 0 bridgehead atoms. The molecule has 3 N–H and O–H groups in total. The van der Waals surface area contributed by atoms with Gasteiger partial charge < -0.3 is 4.74 Å². The lowest BCUT2D eigenvalue weighted by molar-refractivity contribution is 0.134. The van der Waals surface area contributed by atoms with Crippen molar-refractivity contribution >= 4 is 15.9 Å². The lowest BCUT2D eigenvalue weighted by Crippen LogP contribution is -2.30. The van der Waals surface area contributed by atoms with Crippen LogP contribution in [0, 0.1) is 11.6 Å². The van der Waals surface area contributed by atoms with Crippen LogP contribution in [0.4, 0.5) is 8.78 Å². The third-order valence-electron chi connectivity index (χ3n) is 3.61. The Balaban J connectivity index is 2.09. The van der Waals surface area contributed by atoms with Crippen LogP contribution in [0.3, 0.4) is 0 Å². The largest absolute Gasteiger partial charge is 0.372 e. The van der Waals surface area contributed by atoms with Crippen LogP contribution in [0.25, 0.3) is 0 Å². The van der Waals surface area contributed by atoms with E-state index in [0.717, 1.165) is 11.1 Å². The molecule has 0 aromatic heterocycles. The third kappa shape index (κ3) is 2.60. The van der Waals surface area contributed by atoms with Crippen LogP contribution in [0.15, 0.2) is 34.8 Å². The Morgan fingerprint density at radius 3 is 2.67 bits per heavy atom. The molecule has 3 rings (SSSR count). The summed E-state index contributed by atoms with van der Waals surface area (Å²) in [6.07, 6.45) is 0. The summed E-state index contributed by atoms with van der Waals surface area (Å²) in [6.45, 7) is 1.07. The van der Waals surface area contributed by atoms with Gasteiger partial charge in [-0.2, -0.15) is 0 Å². The predicted molar refractivity (Wildman–Crippen MR) is 78.2 cm³/mol. The SMILES string of the molecule is NNC(c1ccc2c(c1)COC2)c1c(F)ccc(Br)c1F. The van der Waals surface area contributed by atoms with E-state index in [1.165, 1.54) is 12.1 Å². The first-order chi connectivity index (χ1) is 10.1. The van der Waals surface area contributed by atoms with Crippen LogP contribution in [0.2, 0.25) is 0 Å². The van der Waals surface area contributed by atoms with Gasteiger partial charge in [0.25, 0.3) is 0 Å². The minimum absolute atomic E-state index is 0.106. The van der Waals surface area contributed by atoms with Gasteiger partial charge in [-0.15, -0.1) is 0 Å². The molecule has 2 aromatic rings. The fourth-order valence-corrected chi connectivity index (χ4v) is 2.87. The van der Waals surface area contributed by atoms with E-state index in [4.69, 9.17) is 10.6 Å². The summed E-state index contributed by atoms with van der Waals surface area (Å²) < 4.78 is 33.8. The number of hydrogen-bond acceptors (Lipinski definition) is 3. The van der Waals surface area contributed by atoms with Gasteiger partial charge in [-0.3, -0.25) is 5.84 Å². The van der Waals surface area contributed by atoms with Gasteiger partial charge >= 0.3 is 0 Å². The zero-order valence-corrected chi connectivity index (χ0v) is 12.6. The number of hydrogen-bond donors (Lipinski definition) is 2. The highest BCUT2D eigenvalue weighted by atomic mass is 79.9. The maximum atomic E-state index is 14.3. The highest BCUT2D eigenvalue weighted by Crippen LogP contribution is 2.32. The van der Waals surface area contributed by atoms with Crippen molar-refractivity contribution in [2.24, 2.45) is 5.84 Å². The summed E-state index contributed by atoms with van der Waals surface area (Å²) in [5, 5.41) is 0. The molecule has 1 heterocycles. The second-order valence-electron chi connectivity index (χ2n) is 4.88. The van der Waals surface area contributed by atoms with E-state index in [0.29, 0.717) is 18.8 Å². The summed E-state index contributed by atoms with van der Waals surface area (Å²) in [6, 6.07) is 7.34. The molecule has 1 aliphatic rings. The number of halogens is 3. The normalized spacial score (nSPS) is 15.0. The highest BCUT2D eigenvalue weighted by molar-refractivity contribution is 9.10. The molecule has 0 aliphatic carbocycles. The van der Waals surface area contributed by atoms with Gasteiger partial charge in [0.1, 0.15) is 11.6 Å². The van der Waals surface area contributed by atoms with E-state index in [1.807, 2.05) is 12.1 Å². The first-order valence-electron chi connectivity index (χ1n) is 6.40. The van der Waals surface area contributed by atoms with Crippen LogP contribution in [-0.2, 0) is 18.0 Å². The van der Waals surface area contributed by atoms with Crippen molar-refractivity contribution in [2.75, 3.05) is 0 Å². The molecule has 0 saturated carbocycles. The summed E-state index contributed by atoms with van der Waals surface area (Å²) in [5.41, 5.74) is 5.18. The first-order valence-corrected chi connectivity index (χ1v) is 7.20. The van der Waals surface area contributed by atoms with Gasteiger partial charge in [-0.05, 0) is 44.8 Å². The standard InChI is InChI=1S/C15H13BrF2N2O/c16-11-3-4-12(17)13(14(11)18)15(20-19)8-1-2-9-6-21-7-10(9)5-8/h1-5,15,20H,6-7,19H2. The molecule has 3 nitrogen and oxygen atoms in total. The van der Waals surface area contributed by atoms with Crippen molar-refractivity contribution in [2.45, 2.75) is 19.3 Å². The minimum Gasteiger partial charge on any atom is -0.372 e. The van der Waals surface area contributed by atoms with Crippen molar-refractivity contribution in [1.29, 1.82) is 0 Å². The van der Waals surface area contributed by atoms with Crippen LogP contribution in [0.5, 0.6) is 0 Å². The number of hydrazine groups is 1. The van der Waals surface area contributed by atoms with Crippen LogP contribution >= 0.6 is 15.9 Å². The Kier molecular flexibility index (Phi) is 4.03. The van der Waals surface area contributed by atoms with E-state index in [-0.39, 0.29) is 10.0 Å². The molecule has 0 saturated heterocycles. The number of nitrogens with one attached hydrogen (secondary N) is 1. The predicted octanol–water partition coefficient (Wildman–Crippen LogP) is 3.31. The molecular formula is C15H13BrF2N2O. The molecule has 110 valence electrons. The molecule has 1 atom stereocenters. The molecule has 1 aliphatic heterocycles. The lowest BCUT2D eigenvalue weighted by Gasteiger charge is -2.19. The van der Waals surface area contributed by atoms with Crippen molar-refractivity contribution in [3.05, 3.63) is 68.7 Å². The van der Waals surface area contributed by atoms with E-state index >= 15 is 0 Å². The summed E-state index contributed by atoms with van der Waals surface area (Å²) in [7, 11) is 0.